The third-order valence-corrected chi connectivity index (χ3v) is 5.62. The van der Waals surface area contributed by atoms with Crippen LogP contribution in [0.1, 0.15) is 27.0 Å². The first-order valence-corrected chi connectivity index (χ1v) is 11.4. The molecule has 8 heteroatoms. The van der Waals surface area contributed by atoms with Crippen LogP contribution >= 0.6 is 0 Å². The predicted molar refractivity (Wildman–Crippen MR) is 140 cm³/mol. The van der Waals surface area contributed by atoms with E-state index in [9.17, 15) is 9.59 Å². The van der Waals surface area contributed by atoms with Crippen LogP contribution < -0.4 is 15.2 Å². The Bertz CT molecular complexity index is 1430. The molecule has 4 rings (SSSR count). The molecule has 0 aliphatic carbocycles. The lowest BCUT2D eigenvalue weighted by molar-refractivity contribution is 0.0600. The van der Waals surface area contributed by atoms with E-state index in [-0.39, 0.29) is 18.4 Å². The van der Waals surface area contributed by atoms with Crippen LogP contribution in [-0.4, -0.2) is 32.1 Å². The average Bonchev–Trinajstić information content (AvgIpc) is 2.94. The molecule has 0 aromatic heterocycles. The van der Waals surface area contributed by atoms with Gasteiger partial charge < -0.3 is 24.7 Å². The number of carbonyl (C=O) groups is 2. The molecule has 188 valence electrons. The maximum Gasteiger partial charge on any atom is 0.435 e. The zero-order valence-corrected chi connectivity index (χ0v) is 20.5. The van der Waals surface area contributed by atoms with Crippen LogP contribution in [0.5, 0.6) is 11.5 Å². The summed E-state index contributed by atoms with van der Waals surface area (Å²) in [5.74, 6) is 1.11. The molecule has 2 N–H and O–H groups in total. The van der Waals surface area contributed by atoms with Crippen molar-refractivity contribution >= 4 is 28.7 Å². The van der Waals surface area contributed by atoms with E-state index < -0.39 is 6.09 Å². The number of ether oxygens (including phenoxy) is 4. The zero-order valence-electron chi connectivity index (χ0n) is 20.5. The highest BCUT2D eigenvalue weighted by Crippen LogP contribution is 2.23. The van der Waals surface area contributed by atoms with E-state index in [0.717, 1.165) is 27.6 Å². The van der Waals surface area contributed by atoms with Gasteiger partial charge in [0.15, 0.2) is 0 Å². The van der Waals surface area contributed by atoms with E-state index in [2.05, 4.69) is 4.99 Å². The molecule has 0 atom stereocenters. The van der Waals surface area contributed by atoms with Gasteiger partial charge in [-0.05, 0) is 64.4 Å². The van der Waals surface area contributed by atoms with E-state index in [1.54, 1.807) is 49.6 Å². The van der Waals surface area contributed by atoms with Crippen molar-refractivity contribution < 1.29 is 28.5 Å². The Hall–Kier alpha value is -4.85. The Morgan fingerprint density at radius 3 is 2.03 bits per heavy atom. The highest BCUT2D eigenvalue weighted by Gasteiger charge is 2.08. The van der Waals surface area contributed by atoms with Crippen LogP contribution in [0.2, 0.25) is 0 Å². The van der Waals surface area contributed by atoms with Crippen molar-refractivity contribution in [2.45, 2.75) is 13.2 Å². The van der Waals surface area contributed by atoms with Gasteiger partial charge in [-0.15, -0.1) is 0 Å². The van der Waals surface area contributed by atoms with Crippen molar-refractivity contribution in [3.63, 3.8) is 0 Å². The second-order valence-electron chi connectivity index (χ2n) is 8.10. The summed E-state index contributed by atoms with van der Waals surface area (Å²) in [5.41, 5.74) is 8.88. The summed E-state index contributed by atoms with van der Waals surface area (Å²) >= 11 is 0. The van der Waals surface area contributed by atoms with Gasteiger partial charge in [-0.25, -0.2) is 9.59 Å². The van der Waals surface area contributed by atoms with E-state index in [1.165, 1.54) is 7.11 Å². The van der Waals surface area contributed by atoms with Gasteiger partial charge in [0.25, 0.3) is 0 Å². The topological polar surface area (TPSA) is 109 Å². The van der Waals surface area contributed by atoms with Gasteiger partial charge in [0.05, 0.1) is 19.8 Å². The zero-order chi connectivity index (χ0) is 26.2. The molecule has 8 nitrogen and oxygen atoms in total. The molecule has 0 unspecified atom stereocenters. The third kappa shape index (κ3) is 6.64. The monoisotopic (exact) mass is 498 g/mol. The minimum atomic E-state index is -0.767. The van der Waals surface area contributed by atoms with Gasteiger partial charge in [-0.1, -0.05) is 42.5 Å². The summed E-state index contributed by atoms with van der Waals surface area (Å²) in [5, 5.41) is 1.86. The number of amidine groups is 1. The number of amides is 1. The van der Waals surface area contributed by atoms with Gasteiger partial charge >= 0.3 is 12.1 Å². The van der Waals surface area contributed by atoms with Crippen LogP contribution in [0.3, 0.4) is 0 Å². The minimum Gasteiger partial charge on any atom is -0.497 e. The molecular weight excluding hydrogens is 472 g/mol. The number of hydrogen-bond acceptors (Lipinski definition) is 6. The first-order valence-electron chi connectivity index (χ1n) is 11.4. The van der Waals surface area contributed by atoms with E-state index in [4.69, 9.17) is 24.7 Å². The molecule has 0 fully saturated rings. The highest BCUT2D eigenvalue weighted by atomic mass is 16.5. The van der Waals surface area contributed by atoms with Gasteiger partial charge in [0.2, 0.25) is 0 Å². The van der Waals surface area contributed by atoms with Crippen LogP contribution in [0.25, 0.3) is 10.8 Å². The largest absolute Gasteiger partial charge is 0.497 e. The molecule has 37 heavy (non-hydrogen) atoms. The number of nitrogens with two attached hydrogens (primary N) is 1. The van der Waals surface area contributed by atoms with Gasteiger partial charge in [-0.2, -0.15) is 4.99 Å². The lowest BCUT2D eigenvalue weighted by Gasteiger charge is -2.09. The van der Waals surface area contributed by atoms with Crippen LogP contribution in [0.4, 0.5) is 4.79 Å². The van der Waals surface area contributed by atoms with Crippen LogP contribution in [0.15, 0.2) is 89.9 Å². The number of aliphatic imine (C=N–C) groups is 1. The van der Waals surface area contributed by atoms with Crippen molar-refractivity contribution in [1.29, 1.82) is 0 Å². The number of methoxy groups -OCH3 is 2. The average molecular weight is 499 g/mol. The molecule has 4 aromatic carbocycles. The van der Waals surface area contributed by atoms with Crippen LogP contribution in [-0.2, 0) is 22.7 Å². The molecule has 0 saturated heterocycles. The molecule has 0 heterocycles. The second kappa shape index (κ2) is 11.7. The number of fused-ring (bicyclic) bond motifs is 1. The van der Waals surface area contributed by atoms with Gasteiger partial charge in [0.1, 0.15) is 30.5 Å². The SMILES string of the molecule is COC(=O)c1ccc(COc2ccc3cc(/C(N)=N\C(=O)OCc4ccc(OC)cc4)ccc3c2)cc1. The molecule has 0 radical (unpaired) electrons. The molecule has 4 aromatic rings. The number of esters is 1. The number of benzene rings is 4. The Kier molecular flexibility index (Phi) is 8.00. The summed E-state index contributed by atoms with van der Waals surface area (Å²) in [6.45, 7) is 0.429. The standard InChI is InChI=1S/C29H26N2O6/c1-34-25-12-5-20(6-13-25)18-37-29(33)31-27(30)24-10-9-23-16-26(14-11-22(23)15-24)36-17-19-3-7-21(8-4-19)28(32)35-2/h3-16H,17-18H2,1-2H3,(H2,30,31,33). The summed E-state index contributed by atoms with van der Waals surface area (Å²) in [7, 11) is 2.94. The lowest BCUT2D eigenvalue weighted by Crippen LogP contribution is -2.16. The fraction of sp³-hybridized carbons (Fsp3) is 0.138. The number of nitrogens with zero attached hydrogens (tertiary/aromatic N) is 1. The molecule has 0 saturated carbocycles. The first-order chi connectivity index (χ1) is 17.9. The summed E-state index contributed by atoms with van der Waals surface area (Å²) < 4.78 is 20.9. The maximum absolute atomic E-state index is 12.1. The Labute approximate surface area is 214 Å². The number of rotatable bonds is 8. The Morgan fingerprint density at radius 2 is 1.32 bits per heavy atom. The molecule has 0 spiro atoms. The van der Waals surface area contributed by atoms with Crippen molar-refractivity contribution in [1.82, 2.24) is 0 Å². The maximum atomic E-state index is 12.1. The second-order valence-corrected chi connectivity index (χ2v) is 8.10. The van der Waals surface area contributed by atoms with Crippen molar-refractivity contribution in [2.75, 3.05) is 14.2 Å². The fourth-order valence-electron chi connectivity index (χ4n) is 3.56. The minimum absolute atomic E-state index is 0.0670. The highest BCUT2D eigenvalue weighted by molar-refractivity contribution is 6.05. The van der Waals surface area contributed by atoms with E-state index >= 15 is 0 Å². The smallest absolute Gasteiger partial charge is 0.435 e. The molecular formula is C29H26N2O6. The molecule has 0 aliphatic rings. The van der Waals surface area contributed by atoms with E-state index in [1.807, 2.05) is 42.5 Å². The lowest BCUT2D eigenvalue weighted by atomic mass is 10.1. The predicted octanol–water partition coefficient (Wildman–Crippen LogP) is 5.26. The van der Waals surface area contributed by atoms with Crippen molar-refractivity contribution in [2.24, 2.45) is 10.7 Å². The first kappa shape index (κ1) is 25.2. The molecule has 1 amide bonds. The molecule has 0 aliphatic heterocycles. The van der Waals surface area contributed by atoms with Gasteiger partial charge in [0, 0.05) is 5.56 Å². The molecule has 0 bridgehead atoms. The normalized spacial score (nSPS) is 11.1. The summed E-state index contributed by atoms with van der Waals surface area (Å²) in [6, 6.07) is 25.4. The Balaban J connectivity index is 1.36. The quantitative estimate of drug-likeness (QED) is 0.201. The fourth-order valence-corrected chi connectivity index (χ4v) is 3.56. The third-order valence-electron chi connectivity index (χ3n) is 5.62. The van der Waals surface area contributed by atoms with Crippen molar-refractivity contribution in [3.8, 4) is 11.5 Å². The van der Waals surface area contributed by atoms with Crippen LogP contribution in [0, 0.1) is 0 Å². The Morgan fingerprint density at radius 1 is 0.730 bits per heavy atom. The number of carbonyl (C=O) groups excluding carboxylic acids is 2. The van der Waals surface area contributed by atoms with Crippen molar-refractivity contribution in [3.05, 3.63) is 107 Å². The summed E-state index contributed by atoms with van der Waals surface area (Å²) in [6.07, 6.45) is -0.767. The van der Waals surface area contributed by atoms with Gasteiger partial charge in [-0.3, -0.25) is 0 Å². The van der Waals surface area contributed by atoms with E-state index in [0.29, 0.717) is 23.5 Å². The summed E-state index contributed by atoms with van der Waals surface area (Å²) in [4.78, 5) is 27.5. The number of hydrogen-bond donors (Lipinski definition) is 1.